The summed E-state index contributed by atoms with van der Waals surface area (Å²) >= 11 is 1.33. The Morgan fingerprint density at radius 2 is 1.93 bits per heavy atom. The van der Waals surface area contributed by atoms with Crippen molar-refractivity contribution in [1.82, 2.24) is 24.5 Å². The first-order valence-corrected chi connectivity index (χ1v) is 14.1. The van der Waals surface area contributed by atoms with Crippen LogP contribution in [0.15, 0.2) is 48.7 Å². The first-order chi connectivity index (χ1) is 19.2. The molecule has 11 heteroatoms. The molecule has 5 rings (SSSR count). The average molecular weight is 569 g/mol. The predicted octanol–water partition coefficient (Wildman–Crippen LogP) is 4.80. The summed E-state index contributed by atoms with van der Waals surface area (Å²) in [6.45, 7) is 7.26. The van der Waals surface area contributed by atoms with Crippen LogP contribution in [0.4, 0.5) is 13.2 Å². The second kappa shape index (κ2) is 11.6. The number of carbonyl (C=O) groups is 1. The highest BCUT2D eigenvalue weighted by atomic mass is 32.1. The Morgan fingerprint density at radius 3 is 2.62 bits per heavy atom. The van der Waals surface area contributed by atoms with Crippen LogP contribution in [0.5, 0.6) is 0 Å². The Hall–Kier alpha value is -3.46. The standard InChI is InChI=1S/C29H31F3N6OS/c1-3-38-18-25(28(34-38)29(30,31)32)22-8-5-4-7-21(22)24-17-37(19-26-23(24)15-20(16-33)40-26)27(39)9-6-10-36-13-11-35(2)12-14-36/h4-9,15,18,24H,3,10-14,17,19H2,1-2H3/b9-6+/t24-/m0/s1. The summed E-state index contributed by atoms with van der Waals surface area (Å²) in [5, 5.41) is 13.4. The molecule has 1 atom stereocenters. The fraction of sp³-hybridized carbons (Fsp3) is 0.414. The van der Waals surface area contributed by atoms with Gasteiger partial charge in [0, 0.05) is 74.4 Å². The van der Waals surface area contributed by atoms with Crippen LogP contribution in [-0.2, 0) is 24.1 Å². The summed E-state index contributed by atoms with van der Waals surface area (Å²) in [6.07, 6.45) is 0.297. The molecule has 1 aromatic carbocycles. The molecule has 0 N–H and O–H groups in total. The minimum absolute atomic E-state index is 0.0118. The van der Waals surface area contributed by atoms with Crippen LogP contribution in [0.25, 0.3) is 11.1 Å². The van der Waals surface area contributed by atoms with E-state index in [1.54, 1.807) is 36.1 Å². The summed E-state index contributed by atoms with van der Waals surface area (Å²) in [5.41, 5.74) is 1.07. The van der Waals surface area contributed by atoms with Crippen molar-refractivity contribution in [3.05, 3.63) is 75.3 Å². The molecule has 3 aromatic rings. The fourth-order valence-corrected chi connectivity index (χ4v) is 6.42. The number of piperazine rings is 1. The molecule has 0 bridgehead atoms. The van der Waals surface area contributed by atoms with Gasteiger partial charge in [0.05, 0.1) is 6.54 Å². The first kappa shape index (κ1) is 28.1. The van der Waals surface area contributed by atoms with Gasteiger partial charge in [0.2, 0.25) is 5.91 Å². The average Bonchev–Trinajstić information content (AvgIpc) is 3.58. The largest absolute Gasteiger partial charge is 0.435 e. The van der Waals surface area contributed by atoms with E-state index in [1.807, 2.05) is 18.2 Å². The minimum Gasteiger partial charge on any atom is -0.333 e. The summed E-state index contributed by atoms with van der Waals surface area (Å²) in [5.74, 6) is -0.539. The van der Waals surface area contributed by atoms with E-state index < -0.39 is 11.9 Å². The van der Waals surface area contributed by atoms with Gasteiger partial charge in [-0.2, -0.15) is 23.5 Å². The molecule has 0 aliphatic carbocycles. The number of likely N-dealkylation sites (N-methyl/N-ethyl adjacent to an activating group) is 1. The molecule has 1 fully saturated rings. The van der Waals surface area contributed by atoms with Gasteiger partial charge < -0.3 is 9.80 Å². The van der Waals surface area contributed by atoms with Crippen molar-refractivity contribution in [2.45, 2.75) is 32.1 Å². The lowest BCUT2D eigenvalue weighted by Crippen LogP contribution is -2.44. The zero-order valence-electron chi connectivity index (χ0n) is 22.5. The molecule has 2 aromatic heterocycles. The molecule has 2 aliphatic heterocycles. The summed E-state index contributed by atoms with van der Waals surface area (Å²) in [4.78, 5) is 21.0. The smallest absolute Gasteiger partial charge is 0.333 e. The number of halogens is 3. The third kappa shape index (κ3) is 5.84. The molecular formula is C29H31F3N6OS. The van der Waals surface area contributed by atoms with Crippen molar-refractivity contribution in [3.63, 3.8) is 0 Å². The van der Waals surface area contributed by atoms with Crippen LogP contribution < -0.4 is 0 Å². The van der Waals surface area contributed by atoms with Gasteiger partial charge in [-0.15, -0.1) is 11.3 Å². The van der Waals surface area contributed by atoms with Gasteiger partial charge in [0.1, 0.15) is 10.9 Å². The molecule has 0 spiro atoms. The van der Waals surface area contributed by atoms with E-state index in [-0.39, 0.29) is 17.4 Å². The van der Waals surface area contributed by atoms with Crippen LogP contribution in [0.2, 0.25) is 0 Å². The molecule has 0 radical (unpaired) electrons. The number of fused-ring (bicyclic) bond motifs is 1. The fourth-order valence-electron chi connectivity index (χ4n) is 5.38. The maximum atomic E-state index is 14.0. The van der Waals surface area contributed by atoms with Gasteiger partial charge in [-0.1, -0.05) is 30.3 Å². The van der Waals surface area contributed by atoms with Gasteiger partial charge in [0.25, 0.3) is 0 Å². The highest BCUT2D eigenvalue weighted by Crippen LogP contribution is 2.44. The number of benzene rings is 1. The van der Waals surface area contributed by atoms with Gasteiger partial charge in [0.15, 0.2) is 5.69 Å². The van der Waals surface area contributed by atoms with Crippen molar-refractivity contribution in [2.24, 2.45) is 0 Å². The van der Waals surface area contributed by atoms with Crippen molar-refractivity contribution < 1.29 is 18.0 Å². The molecule has 40 heavy (non-hydrogen) atoms. The van der Waals surface area contributed by atoms with Crippen LogP contribution in [0.1, 0.15) is 39.4 Å². The van der Waals surface area contributed by atoms with Crippen molar-refractivity contribution in [3.8, 4) is 17.2 Å². The number of aromatic nitrogens is 2. The quantitative estimate of drug-likeness (QED) is 0.400. The van der Waals surface area contributed by atoms with Gasteiger partial charge >= 0.3 is 6.18 Å². The van der Waals surface area contributed by atoms with E-state index in [1.165, 1.54) is 22.2 Å². The lowest BCUT2D eigenvalue weighted by Gasteiger charge is -2.34. The van der Waals surface area contributed by atoms with Crippen LogP contribution >= 0.6 is 11.3 Å². The van der Waals surface area contributed by atoms with E-state index >= 15 is 0 Å². The Morgan fingerprint density at radius 1 is 1.18 bits per heavy atom. The maximum absolute atomic E-state index is 14.0. The summed E-state index contributed by atoms with van der Waals surface area (Å²) < 4.78 is 43.3. The number of nitrogens with zero attached hydrogens (tertiary/aromatic N) is 6. The Labute approximate surface area is 235 Å². The molecule has 210 valence electrons. The number of alkyl halides is 3. The molecule has 4 heterocycles. The van der Waals surface area contributed by atoms with Crippen LogP contribution in [-0.4, -0.2) is 76.7 Å². The molecule has 0 unspecified atom stereocenters. The number of hydrogen-bond donors (Lipinski definition) is 0. The lowest BCUT2D eigenvalue weighted by molar-refractivity contribution is -0.141. The minimum atomic E-state index is -4.62. The van der Waals surface area contributed by atoms with E-state index in [2.05, 4.69) is 28.0 Å². The molecule has 7 nitrogen and oxygen atoms in total. The molecule has 1 amide bonds. The van der Waals surface area contributed by atoms with Crippen molar-refractivity contribution in [1.29, 1.82) is 5.26 Å². The maximum Gasteiger partial charge on any atom is 0.435 e. The Balaban J connectivity index is 1.47. The highest BCUT2D eigenvalue weighted by molar-refractivity contribution is 7.12. The third-order valence-corrected chi connectivity index (χ3v) is 8.62. The molecule has 1 saturated heterocycles. The molecule has 2 aliphatic rings. The number of nitriles is 1. The highest BCUT2D eigenvalue weighted by Gasteiger charge is 2.39. The topological polar surface area (TPSA) is 68.4 Å². The number of hydrogen-bond acceptors (Lipinski definition) is 6. The molecular weight excluding hydrogens is 537 g/mol. The van der Waals surface area contributed by atoms with E-state index in [4.69, 9.17) is 0 Å². The lowest BCUT2D eigenvalue weighted by atomic mass is 9.83. The van der Waals surface area contributed by atoms with Gasteiger partial charge in [-0.25, -0.2) is 0 Å². The van der Waals surface area contributed by atoms with Gasteiger partial charge in [-0.3, -0.25) is 14.4 Å². The SMILES string of the molecule is CCn1cc(-c2ccccc2[C@@H]2CN(C(=O)/C=C/CN3CCN(C)CC3)Cc3sc(C#N)cc32)c(C(F)(F)F)n1. The normalized spacial score (nSPS) is 18.7. The number of rotatable bonds is 6. The number of carbonyl (C=O) groups excluding carboxylic acids is 1. The van der Waals surface area contributed by atoms with Crippen molar-refractivity contribution in [2.75, 3.05) is 46.3 Å². The Kier molecular flexibility index (Phi) is 8.12. The Bertz CT molecular complexity index is 1440. The zero-order chi connectivity index (χ0) is 28.4. The monoisotopic (exact) mass is 568 g/mol. The van der Waals surface area contributed by atoms with Gasteiger partial charge in [-0.05, 0) is 36.7 Å². The summed E-state index contributed by atoms with van der Waals surface area (Å²) in [6, 6.07) is 11.0. The third-order valence-electron chi connectivity index (χ3n) is 7.58. The van der Waals surface area contributed by atoms with Crippen LogP contribution in [0.3, 0.4) is 0 Å². The number of aryl methyl sites for hydroxylation is 1. The van der Waals surface area contributed by atoms with E-state index in [0.29, 0.717) is 42.2 Å². The number of amides is 1. The van der Waals surface area contributed by atoms with E-state index in [9.17, 15) is 23.2 Å². The predicted molar refractivity (Wildman–Crippen MR) is 148 cm³/mol. The van der Waals surface area contributed by atoms with Crippen molar-refractivity contribution >= 4 is 17.2 Å². The summed E-state index contributed by atoms with van der Waals surface area (Å²) in [7, 11) is 2.10. The zero-order valence-corrected chi connectivity index (χ0v) is 23.3. The second-order valence-electron chi connectivity index (χ2n) is 10.2. The van der Waals surface area contributed by atoms with Crippen LogP contribution in [0, 0.1) is 11.3 Å². The van der Waals surface area contributed by atoms with E-state index in [0.717, 1.165) is 36.6 Å². The molecule has 0 saturated carbocycles. The second-order valence-corrected chi connectivity index (χ2v) is 11.3. The first-order valence-electron chi connectivity index (χ1n) is 13.3. The number of thiophene rings is 1.